The zero-order valence-corrected chi connectivity index (χ0v) is 13.0. The molecule has 0 atom stereocenters. The van der Waals surface area contributed by atoms with Gasteiger partial charge in [0.1, 0.15) is 13.2 Å². The number of ether oxygens (including phenoxy) is 1. The Balaban J connectivity index is 1.86. The maximum absolute atomic E-state index is 12.7. The highest BCUT2D eigenvalue weighted by Crippen LogP contribution is 2.31. The van der Waals surface area contributed by atoms with E-state index in [0.29, 0.717) is 5.69 Å². The maximum Gasteiger partial charge on any atom is 0.416 e. The minimum Gasteiger partial charge on any atom is -0.368 e. The van der Waals surface area contributed by atoms with Crippen LogP contribution < -0.4 is 4.90 Å². The molecule has 4 nitrogen and oxygen atoms in total. The number of hydrogen-bond donors (Lipinski definition) is 0. The molecule has 2 rings (SSSR count). The first-order valence-electron chi connectivity index (χ1n) is 7.41. The van der Waals surface area contributed by atoms with Crippen molar-refractivity contribution in [2.75, 3.05) is 44.3 Å². The SMILES string of the molecule is O=C(COCC(F)(F)F)N1CCN(c2cccc(C(F)(F)F)c2)CC1. The molecule has 25 heavy (non-hydrogen) atoms. The Morgan fingerprint density at radius 3 is 2.24 bits per heavy atom. The van der Waals surface area contributed by atoms with Gasteiger partial charge in [0, 0.05) is 31.9 Å². The quantitative estimate of drug-likeness (QED) is 0.764. The number of piperazine rings is 1. The first-order chi connectivity index (χ1) is 11.6. The first kappa shape index (κ1) is 19.4. The van der Waals surface area contributed by atoms with Crippen molar-refractivity contribution in [2.24, 2.45) is 0 Å². The summed E-state index contributed by atoms with van der Waals surface area (Å²) in [7, 11) is 0. The number of halogens is 6. The number of alkyl halides is 6. The van der Waals surface area contributed by atoms with Gasteiger partial charge in [-0.3, -0.25) is 4.79 Å². The number of amides is 1. The average molecular weight is 370 g/mol. The van der Waals surface area contributed by atoms with Crippen molar-refractivity contribution < 1.29 is 35.9 Å². The van der Waals surface area contributed by atoms with Crippen LogP contribution in [0.25, 0.3) is 0 Å². The molecule has 0 N–H and O–H groups in total. The van der Waals surface area contributed by atoms with Crippen molar-refractivity contribution in [1.29, 1.82) is 0 Å². The number of rotatable bonds is 4. The summed E-state index contributed by atoms with van der Waals surface area (Å²) >= 11 is 0. The summed E-state index contributed by atoms with van der Waals surface area (Å²) in [5.74, 6) is -0.576. The van der Waals surface area contributed by atoms with Gasteiger partial charge in [-0.15, -0.1) is 0 Å². The van der Waals surface area contributed by atoms with Crippen LogP contribution in [0.15, 0.2) is 24.3 Å². The largest absolute Gasteiger partial charge is 0.416 e. The van der Waals surface area contributed by atoms with E-state index in [2.05, 4.69) is 4.74 Å². The number of nitrogens with zero attached hydrogens (tertiary/aromatic N) is 2. The summed E-state index contributed by atoms with van der Waals surface area (Å²) in [4.78, 5) is 14.8. The van der Waals surface area contributed by atoms with E-state index in [1.807, 2.05) is 0 Å². The molecular weight excluding hydrogens is 354 g/mol. The number of benzene rings is 1. The van der Waals surface area contributed by atoms with Crippen LogP contribution in [-0.4, -0.2) is 56.4 Å². The van der Waals surface area contributed by atoms with Gasteiger partial charge in [0.2, 0.25) is 5.91 Å². The molecule has 1 aromatic carbocycles. The first-order valence-corrected chi connectivity index (χ1v) is 7.41. The Kier molecular flexibility index (Phi) is 5.81. The van der Waals surface area contributed by atoms with Crippen LogP contribution in [0.1, 0.15) is 5.56 Å². The number of carbonyl (C=O) groups is 1. The molecule has 1 aliphatic heterocycles. The van der Waals surface area contributed by atoms with Gasteiger partial charge in [0.05, 0.1) is 5.56 Å². The van der Waals surface area contributed by atoms with Crippen LogP contribution >= 0.6 is 0 Å². The molecule has 0 spiro atoms. The molecular formula is C15H16F6N2O2. The number of hydrogen-bond acceptors (Lipinski definition) is 3. The Labute approximate surface area is 139 Å². The van der Waals surface area contributed by atoms with Crippen LogP contribution in [0, 0.1) is 0 Å². The Hall–Kier alpha value is -1.97. The molecule has 0 bridgehead atoms. The van der Waals surface area contributed by atoms with Gasteiger partial charge in [0.15, 0.2) is 0 Å². The topological polar surface area (TPSA) is 32.8 Å². The molecule has 0 unspecified atom stereocenters. The second-order valence-electron chi connectivity index (χ2n) is 5.52. The average Bonchev–Trinajstić information content (AvgIpc) is 2.53. The van der Waals surface area contributed by atoms with E-state index >= 15 is 0 Å². The zero-order valence-electron chi connectivity index (χ0n) is 13.0. The Bertz CT molecular complexity index is 594. The molecule has 140 valence electrons. The predicted molar refractivity (Wildman–Crippen MR) is 77.1 cm³/mol. The van der Waals surface area contributed by atoms with Crippen molar-refractivity contribution >= 4 is 11.6 Å². The van der Waals surface area contributed by atoms with Crippen LogP contribution in [0.4, 0.5) is 32.0 Å². The van der Waals surface area contributed by atoms with Crippen molar-refractivity contribution in [3.63, 3.8) is 0 Å². The van der Waals surface area contributed by atoms with Crippen molar-refractivity contribution in [3.05, 3.63) is 29.8 Å². The van der Waals surface area contributed by atoms with Gasteiger partial charge in [-0.25, -0.2) is 0 Å². The van der Waals surface area contributed by atoms with Crippen LogP contribution in [0.5, 0.6) is 0 Å². The molecule has 0 saturated carbocycles. The molecule has 0 aliphatic carbocycles. The molecule has 1 amide bonds. The van der Waals surface area contributed by atoms with Crippen LogP contribution in [0.3, 0.4) is 0 Å². The lowest BCUT2D eigenvalue weighted by Gasteiger charge is -2.36. The highest BCUT2D eigenvalue weighted by Gasteiger charge is 2.31. The summed E-state index contributed by atoms with van der Waals surface area (Å²) in [6, 6.07) is 4.85. The monoisotopic (exact) mass is 370 g/mol. The molecule has 0 radical (unpaired) electrons. The minimum absolute atomic E-state index is 0.199. The van der Waals surface area contributed by atoms with Gasteiger partial charge in [-0.05, 0) is 18.2 Å². The molecule has 1 fully saturated rings. The smallest absolute Gasteiger partial charge is 0.368 e. The molecule has 10 heteroatoms. The van der Waals surface area contributed by atoms with E-state index in [1.54, 1.807) is 11.0 Å². The van der Waals surface area contributed by atoms with Crippen molar-refractivity contribution in [3.8, 4) is 0 Å². The fraction of sp³-hybridized carbons (Fsp3) is 0.533. The van der Waals surface area contributed by atoms with E-state index in [0.717, 1.165) is 12.1 Å². The normalized spacial score (nSPS) is 16.2. The van der Waals surface area contributed by atoms with E-state index in [4.69, 9.17) is 0 Å². The fourth-order valence-corrected chi connectivity index (χ4v) is 2.44. The number of carbonyl (C=O) groups excluding carboxylic acids is 1. The standard InChI is InChI=1S/C15H16F6N2O2/c16-14(17,18)10-25-9-13(24)23-6-4-22(5-7-23)12-3-1-2-11(8-12)15(19,20)21/h1-3,8H,4-7,9-10H2. The van der Waals surface area contributed by atoms with E-state index in [-0.39, 0.29) is 26.2 Å². The van der Waals surface area contributed by atoms with E-state index in [9.17, 15) is 31.1 Å². The summed E-state index contributed by atoms with van der Waals surface area (Å²) in [6.45, 7) is -1.21. The van der Waals surface area contributed by atoms with Gasteiger partial charge in [-0.2, -0.15) is 26.3 Å². The lowest BCUT2D eigenvalue weighted by atomic mass is 10.1. The summed E-state index contributed by atoms with van der Waals surface area (Å²) in [5.41, 5.74) is -0.376. The van der Waals surface area contributed by atoms with Crippen molar-refractivity contribution in [2.45, 2.75) is 12.4 Å². The fourth-order valence-electron chi connectivity index (χ4n) is 2.44. The Morgan fingerprint density at radius 2 is 1.68 bits per heavy atom. The van der Waals surface area contributed by atoms with E-state index < -0.39 is 37.0 Å². The lowest BCUT2D eigenvalue weighted by Crippen LogP contribution is -2.50. The van der Waals surface area contributed by atoms with Crippen molar-refractivity contribution in [1.82, 2.24) is 4.90 Å². The van der Waals surface area contributed by atoms with E-state index in [1.165, 1.54) is 11.0 Å². The van der Waals surface area contributed by atoms with Gasteiger partial charge in [-0.1, -0.05) is 6.07 Å². The predicted octanol–water partition coefficient (Wildman–Crippen LogP) is 2.93. The van der Waals surface area contributed by atoms with Crippen LogP contribution in [-0.2, 0) is 15.7 Å². The maximum atomic E-state index is 12.7. The second kappa shape index (κ2) is 7.51. The second-order valence-corrected chi connectivity index (χ2v) is 5.52. The minimum atomic E-state index is -4.50. The van der Waals surface area contributed by atoms with Gasteiger partial charge in [0.25, 0.3) is 0 Å². The molecule has 1 aromatic rings. The molecule has 1 heterocycles. The third-order valence-corrected chi connectivity index (χ3v) is 3.66. The summed E-state index contributed by atoms with van der Waals surface area (Å²) in [6.07, 6.45) is -8.94. The van der Waals surface area contributed by atoms with Crippen LogP contribution in [0.2, 0.25) is 0 Å². The summed E-state index contributed by atoms with van der Waals surface area (Å²) in [5, 5.41) is 0. The number of anilines is 1. The molecule has 0 aromatic heterocycles. The van der Waals surface area contributed by atoms with Gasteiger partial charge < -0.3 is 14.5 Å². The Morgan fingerprint density at radius 1 is 1.04 bits per heavy atom. The molecule has 1 saturated heterocycles. The summed E-state index contributed by atoms with van der Waals surface area (Å²) < 4.78 is 78.4. The van der Waals surface area contributed by atoms with Gasteiger partial charge >= 0.3 is 12.4 Å². The lowest BCUT2D eigenvalue weighted by molar-refractivity contribution is -0.177. The third-order valence-electron chi connectivity index (χ3n) is 3.66. The zero-order chi connectivity index (χ0) is 18.7. The highest BCUT2D eigenvalue weighted by molar-refractivity contribution is 5.77. The third kappa shape index (κ3) is 5.80. The molecule has 1 aliphatic rings. The highest BCUT2D eigenvalue weighted by atomic mass is 19.4.